The van der Waals surface area contributed by atoms with Gasteiger partial charge in [0, 0.05) is 17.8 Å². The molecule has 1 heterocycles. The summed E-state index contributed by atoms with van der Waals surface area (Å²) in [6.07, 6.45) is 19.3. The van der Waals surface area contributed by atoms with Crippen molar-refractivity contribution in [3.63, 3.8) is 0 Å². The molecular formula is C19H36N2. The minimum atomic E-state index is 0.641. The number of hydrogen-bond acceptors (Lipinski definition) is 2. The molecule has 21 heavy (non-hydrogen) atoms. The van der Waals surface area contributed by atoms with Crippen molar-refractivity contribution in [3.8, 4) is 0 Å². The second-order valence-corrected chi connectivity index (χ2v) is 7.36. The standard InChI is InChI=1S/C19H36N2/c1-17-13-12-14-18(2)21(17)20-19-15-10-8-6-4-3-5-7-9-11-16-19/h17-18H,3-16H2,1-2H3. The van der Waals surface area contributed by atoms with E-state index in [1.165, 1.54) is 95.6 Å². The van der Waals surface area contributed by atoms with Gasteiger partial charge in [-0.25, -0.2) is 0 Å². The highest BCUT2D eigenvalue weighted by atomic mass is 15.5. The zero-order valence-electron chi connectivity index (χ0n) is 14.4. The zero-order chi connectivity index (χ0) is 14.9. The van der Waals surface area contributed by atoms with Gasteiger partial charge in [0.15, 0.2) is 0 Å². The van der Waals surface area contributed by atoms with Gasteiger partial charge in [-0.2, -0.15) is 5.10 Å². The number of hydrogen-bond donors (Lipinski definition) is 0. The summed E-state index contributed by atoms with van der Waals surface area (Å²) in [5.74, 6) is 0. The van der Waals surface area contributed by atoms with E-state index >= 15 is 0 Å². The molecule has 0 bridgehead atoms. The van der Waals surface area contributed by atoms with E-state index in [2.05, 4.69) is 18.9 Å². The van der Waals surface area contributed by atoms with Gasteiger partial charge in [0.1, 0.15) is 0 Å². The average molecular weight is 293 g/mol. The summed E-state index contributed by atoms with van der Waals surface area (Å²) in [6, 6.07) is 1.28. The maximum Gasteiger partial charge on any atom is 0.0445 e. The van der Waals surface area contributed by atoms with Crippen LogP contribution in [0.4, 0.5) is 0 Å². The van der Waals surface area contributed by atoms with Gasteiger partial charge < -0.3 is 0 Å². The van der Waals surface area contributed by atoms with Crippen LogP contribution in [0.15, 0.2) is 5.10 Å². The first-order chi connectivity index (χ1) is 10.3. The first kappa shape index (κ1) is 16.8. The molecule has 0 aromatic carbocycles. The Bertz CT molecular complexity index is 287. The van der Waals surface area contributed by atoms with Gasteiger partial charge in [-0.15, -0.1) is 0 Å². The smallest absolute Gasteiger partial charge is 0.0445 e. The summed E-state index contributed by atoms with van der Waals surface area (Å²) in [5, 5.41) is 7.57. The molecule has 1 saturated carbocycles. The predicted octanol–water partition coefficient (Wildman–Crippen LogP) is 5.91. The van der Waals surface area contributed by atoms with Gasteiger partial charge in [0.2, 0.25) is 0 Å². The fourth-order valence-corrected chi connectivity index (χ4v) is 3.89. The molecule has 2 atom stereocenters. The highest BCUT2D eigenvalue weighted by Crippen LogP contribution is 2.24. The summed E-state index contributed by atoms with van der Waals surface area (Å²) in [4.78, 5) is 0. The molecule has 0 aromatic heterocycles. The van der Waals surface area contributed by atoms with Gasteiger partial charge in [-0.05, 0) is 58.8 Å². The third-order valence-corrected chi connectivity index (χ3v) is 5.33. The molecule has 0 amide bonds. The molecule has 1 aliphatic carbocycles. The lowest BCUT2D eigenvalue weighted by atomic mass is 9.99. The Balaban J connectivity index is 1.93. The van der Waals surface area contributed by atoms with E-state index < -0.39 is 0 Å². The maximum atomic E-state index is 5.14. The van der Waals surface area contributed by atoms with Crippen LogP contribution in [0, 0.1) is 0 Å². The van der Waals surface area contributed by atoms with Crippen molar-refractivity contribution >= 4 is 5.71 Å². The molecule has 1 aliphatic heterocycles. The lowest BCUT2D eigenvalue weighted by Crippen LogP contribution is -2.40. The molecule has 1 saturated heterocycles. The van der Waals surface area contributed by atoms with Crippen LogP contribution in [-0.4, -0.2) is 22.8 Å². The highest BCUT2D eigenvalue weighted by Gasteiger charge is 2.23. The Morgan fingerprint density at radius 2 is 1.10 bits per heavy atom. The number of nitrogens with zero attached hydrogens (tertiary/aromatic N) is 2. The monoisotopic (exact) mass is 292 g/mol. The molecule has 0 aromatic rings. The fraction of sp³-hybridized carbons (Fsp3) is 0.947. The summed E-state index contributed by atoms with van der Waals surface area (Å²) in [6.45, 7) is 4.71. The molecule has 0 N–H and O–H groups in total. The second kappa shape index (κ2) is 9.48. The van der Waals surface area contributed by atoms with Crippen molar-refractivity contribution in [1.82, 2.24) is 5.01 Å². The quantitative estimate of drug-likeness (QED) is 0.586. The Labute approximate surface area is 132 Å². The van der Waals surface area contributed by atoms with E-state index in [0.29, 0.717) is 12.1 Å². The Hall–Kier alpha value is -0.530. The highest BCUT2D eigenvalue weighted by molar-refractivity contribution is 5.84. The summed E-state index contributed by atoms with van der Waals surface area (Å²) in [5.41, 5.74) is 1.50. The summed E-state index contributed by atoms with van der Waals surface area (Å²) in [7, 11) is 0. The molecule has 2 rings (SSSR count). The van der Waals surface area contributed by atoms with Gasteiger partial charge in [0.25, 0.3) is 0 Å². The first-order valence-electron chi connectivity index (χ1n) is 9.62. The van der Waals surface area contributed by atoms with Crippen LogP contribution >= 0.6 is 0 Å². The van der Waals surface area contributed by atoms with E-state index in [9.17, 15) is 0 Å². The predicted molar refractivity (Wildman–Crippen MR) is 92.8 cm³/mol. The molecule has 2 aliphatic rings. The van der Waals surface area contributed by atoms with Crippen LogP contribution < -0.4 is 0 Å². The van der Waals surface area contributed by atoms with E-state index in [4.69, 9.17) is 5.10 Å². The van der Waals surface area contributed by atoms with E-state index in [0.717, 1.165) is 0 Å². The van der Waals surface area contributed by atoms with Crippen molar-refractivity contribution in [2.75, 3.05) is 0 Å². The normalized spacial score (nSPS) is 30.4. The van der Waals surface area contributed by atoms with Gasteiger partial charge in [-0.3, -0.25) is 5.01 Å². The van der Waals surface area contributed by atoms with Crippen molar-refractivity contribution < 1.29 is 0 Å². The molecule has 122 valence electrons. The first-order valence-corrected chi connectivity index (χ1v) is 9.62. The Morgan fingerprint density at radius 3 is 1.57 bits per heavy atom. The van der Waals surface area contributed by atoms with Crippen molar-refractivity contribution in [3.05, 3.63) is 0 Å². The fourth-order valence-electron chi connectivity index (χ4n) is 3.89. The molecule has 2 fully saturated rings. The maximum absolute atomic E-state index is 5.14. The van der Waals surface area contributed by atoms with Crippen LogP contribution in [0.5, 0.6) is 0 Å². The van der Waals surface area contributed by atoms with E-state index in [1.807, 2.05) is 0 Å². The van der Waals surface area contributed by atoms with Crippen LogP contribution in [0.2, 0.25) is 0 Å². The lowest BCUT2D eigenvalue weighted by molar-refractivity contribution is 0.108. The summed E-state index contributed by atoms with van der Waals surface area (Å²) >= 11 is 0. The number of rotatable bonds is 1. The van der Waals surface area contributed by atoms with Crippen molar-refractivity contribution in [2.24, 2.45) is 5.10 Å². The molecule has 2 nitrogen and oxygen atoms in total. The van der Waals surface area contributed by atoms with Crippen LogP contribution in [0.25, 0.3) is 0 Å². The Morgan fingerprint density at radius 1 is 0.667 bits per heavy atom. The van der Waals surface area contributed by atoms with Crippen LogP contribution in [-0.2, 0) is 0 Å². The van der Waals surface area contributed by atoms with Crippen molar-refractivity contribution in [2.45, 2.75) is 116 Å². The van der Waals surface area contributed by atoms with Gasteiger partial charge in [0.05, 0.1) is 0 Å². The molecular weight excluding hydrogens is 256 g/mol. The third-order valence-electron chi connectivity index (χ3n) is 5.33. The van der Waals surface area contributed by atoms with E-state index in [-0.39, 0.29) is 0 Å². The molecule has 0 spiro atoms. The number of piperidine rings is 1. The molecule has 2 heteroatoms. The summed E-state index contributed by atoms with van der Waals surface area (Å²) < 4.78 is 0. The minimum absolute atomic E-state index is 0.641. The SMILES string of the molecule is CC1CCCC(C)N1N=C1CCCCCCCCCCC1. The van der Waals surface area contributed by atoms with Gasteiger partial charge >= 0.3 is 0 Å². The lowest BCUT2D eigenvalue weighted by Gasteiger charge is -2.37. The number of hydrazone groups is 1. The Kier molecular flexibility index (Phi) is 7.60. The topological polar surface area (TPSA) is 15.6 Å². The van der Waals surface area contributed by atoms with E-state index in [1.54, 1.807) is 0 Å². The zero-order valence-corrected chi connectivity index (χ0v) is 14.4. The molecule has 0 radical (unpaired) electrons. The van der Waals surface area contributed by atoms with Crippen LogP contribution in [0.1, 0.15) is 104 Å². The second-order valence-electron chi connectivity index (χ2n) is 7.36. The average Bonchev–Trinajstić information content (AvgIpc) is 2.45. The van der Waals surface area contributed by atoms with Gasteiger partial charge in [-0.1, -0.05) is 44.9 Å². The minimum Gasteiger partial charge on any atom is -0.292 e. The third kappa shape index (κ3) is 6.00. The largest absolute Gasteiger partial charge is 0.292 e. The van der Waals surface area contributed by atoms with Crippen molar-refractivity contribution in [1.29, 1.82) is 0 Å². The van der Waals surface area contributed by atoms with Crippen LogP contribution in [0.3, 0.4) is 0 Å². The molecule has 2 unspecified atom stereocenters.